The van der Waals surface area contributed by atoms with Crippen molar-refractivity contribution in [1.82, 2.24) is 4.98 Å². The number of benzene rings is 1. The highest BCUT2D eigenvalue weighted by Crippen LogP contribution is 2.27. The Morgan fingerprint density at radius 3 is 2.71 bits per heavy atom. The maximum absolute atomic E-state index is 12.3. The molecule has 0 spiro atoms. The average Bonchev–Trinajstić information content (AvgIpc) is 2.55. The third-order valence-electron chi connectivity index (χ3n) is 3.89. The van der Waals surface area contributed by atoms with E-state index in [-0.39, 0.29) is 5.97 Å². The van der Waals surface area contributed by atoms with Crippen LogP contribution in [0.3, 0.4) is 0 Å². The number of nitrogens with zero attached hydrogens (tertiary/aromatic N) is 1. The van der Waals surface area contributed by atoms with Crippen LogP contribution in [0.2, 0.25) is 0 Å². The van der Waals surface area contributed by atoms with Crippen molar-refractivity contribution in [2.75, 3.05) is 6.61 Å². The Morgan fingerprint density at radius 1 is 1.21 bits per heavy atom. The summed E-state index contributed by atoms with van der Waals surface area (Å²) in [6.45, 7) is 6.47. The minimum absolute atomic E-state index is 0.134. The Balaban J connectivity index is 2.12. The van der Waals surface area contributed by atoms with Gasteiger partial charge in [0.05, 0.1) is 12.0 Å². The summed E-state index contributed by atoms with van der Waals surface area (Å²) < 4.78 is 6.34. The monoisotopic (exact) mass is 389 g/mol. The number of halogens is 1. The number of esters is 1. The van der Waals surface area contributed by atoms with Crippen molar-refractivity contribution in [2.24, 2.45) is 5.41 Å². The predicted molar refractivity (Wildman–Crippen MR) is 101 cm³/mol. The van der Waals surface area contributed by atoms with Crippen LogP contribution >= 0.6 is 15.9 Å². The first-order valence-electron chi connectivity index (χ1n) is 8.29. The van der Waals surface area contributed by atoms with Crippen LogP contribution in [0.15, 0.2) is 47.2 Å². The lowest BCUT2D eigenvalue weighted by molar-refractivity contribution is -0.154. The maximum atomic E-state index is 12.3. The molecule has 0 fully saturated rings. The molecular weight excluding hydrogens is 366 g/mol. The SMILES string of the molecule is CCCCOC(=O)C(C)(C)Cc1cccc(-c2cncc(Br)c2)c1. The molecule has 2 aromatic rings. The van der Waals surface area contributed by atoms with Gasteiger partial charge in [0.15, 0.2) is 0 Å². The molecule has 0 bridgehead atoms. The van der Waals surface area contributed by atoms with Gasteiger partial charge in [0.25, 0.3) is 0 Å². The van der Waals surface area contributed by atoms with Crippen molar-refractivity contribution >= 4 is 21.9 Å². The average molecular weight is 390 g/mol. The summed E-state index contributed by atoms with van der Waals surface area (Å²) in [7, 11) is 0. The van der Waals surface area contributed by atoms with E-state index in [1.54, 1.807) is 6.20 Å². The first-order valence-corrected chi connectivity index (χ1v) is 9.09. The lowest BCUT2D eigenvalue weighted by atomic mass is 9.85. The second-order valence-corrected chi connectivity index (χ2v) is 7.56. The number of aromatic nitrogens is 1. The van der Waals surface area contributed by atoms with Crippen LogP contribution < -0.4 is 0 Å². The number of ether oxygens (including phenoxy) is 1. The van der Waals surface area contributed by atoms with E-state index in [1.807, 2.05) is 32.2 Å². The number of hydrogen-bond acceptors (Lipinski definition) is 3. The first-order chi connectivity index (χ1) is 11.4. The predicted octanol–water partition coefficient (Wildman–Crippen LogP) is 5.42. The number of rotatable bonds is 7. The van der Waals surface area contributed by atoms with Crippen molar-refractivity contribution in [2.45, 2.75) is 40.0 Å². The number of hydrogen-bond donors (Lipinski definition) is 0. The molecule has 0 radical (unpaired) electrons. The van der Waals surface area contributed by atoms with Crippen molar-refractivity contribution < 1.29 is 9.53 Å². The van der Waals surface area contributed by atoms with E-state index in [0.717, 1.165) is 34.0 Å². The van der Waals surface area contributed by atoms with Crippen LogP contribution in [-0.4, -0.2) is 17.6 Å². The summed E-state index contributed by atoms with van der Waals surface area (Å²) in [5.41, 5.74) is 2.72. The van der Waals surface area contributed by atoms with Crippen LogP contribution in [0.5, 0.6) is 0 Å². The van der Waals surface area contributed by atoms with Crippen LogP contribution in [0.4, 0.5) is 0 Å². The van der Waals surface area contributed by atoms with E-state index in [9.17, 15) is 4.79 Å². The zero-order valence-electron chi connectivity index (χ0n) is 14.5. The zero-order chi connectivity index (χ0) is 17.6. The van der Waals surface area contributed by atoms with Gasteiger partial charge in [0.2, 0.25) is 0 Å². The molecule has 0 aliphatic heterocycles. The molecule has 0 aliphatic carbocycles. The van der Waals surface area contributed by atoms with Gasteiger partial charge in [-0.3, -0.25) is 9.78 Å². The standard InChI is InChI=1S/C20H24BrNO2/c1-4-5-9-24-19(23)20(2,3)12-15-7-6-8-16(10-15)17-11-18(21)14-22-13-17/h6-8,10-11,13-14H,4-5,9,12H2,1-3H3. The second-order valence-electron chi connectivity index (χ2n) is 6.64. The summed E-state index contributed by atoms with van der Waals surface area (Å²) >= 11 is 3.45. The minimum Gasteiger partial charge on any atom is -0.465 e. The Hall–Kier alpha value is -1.68. The minimum atomic E-state index is -0.540. The molecule has 1 aromatic carbocycles. The fourth-order valence-corrected chi connectivity index (χ4v) is 2.88. The lowest BCUT2D eigenvalue weighted by Crippen LogP contribution is -2.29. The normalized spacial score (nSPS) is 11.3. The van der Waals surface area contributed by atoms with Crippen LogP contribution in [-0.2, 0) is 16.0 Å². The largest absolute Gasteiger partial charge is 0.465 e. The summed E-state index contributed by atoms with van der Waals surface area (Å²) in [6.07, 6.45) is 6.19. The topological polar surface area (TPSA) is 39.2 Å². The van der Waals surface area contributed by atoms with Gasteiger partial charge in [0, 0.05) is 22.4 Å². The lowest BCUT2D eigenvalue weighted by Gasteiger charge is -2.23. The fourth-order valence-electron chi connectivity index (χ4n) is 2.52. The summed E-state index contributed by atoms with van der Waals surface area (Å²) in [5, 5.41) is 0. The maximum Gasteiger partial charge on any atom is 0.311 e. The van der Waals surface area contributed by atoms with Gasteiger partial charge in [-0.25, -0.2) is 0 Å². The molecule has 1 heterocycles. The summed E-state index contributed by atoms with van der Waals surface area (Å²) in [4.78, 5) is 16.5. The van der Waals surface area contributed by atoms with E-state index < -0.39 is 5.41 Å². The molecule has 0 unspecified atom stereocenters. The molecule has 0 aliphatic rings. The number of pyridine rings is 1. The zero-order valence-corrected chi connectivity index (χ0v) is 16.1. The molecular formula is C20H24BrNO2. The fraction of sp³-hybridized carbons (Fsp3) is 0.400. The highest BCUT2D eigenvalue weighted by atomic mass is 79.9. The Morgan fingerprint density at radius 2 is 2.00 bits per heavy atom. The molecule has 0 N–H and O–H groups in total. The van der Waals surface area contributed by atoms with E-state index in [2.05, 4.69) is 46.0 Å². The first kappa shape index (κ1) is 18.7. The van der Waals surface area contributed by atoms with Crippen molar-refractivity contribution in [1.29, 1.82) is 0 Å². The van der Waals surface area contributed by atoms with E-state index in [0.29, 0.717) is 13.0 Å². The van der Waals surface area contributed by atoms with Gasteiger partial charge in [-0.2, -0.15) is 0 Å². The summed E-state index contributed by atoms with van der Waals surface area (Å²) in [5.74, 6) is -0.134. The Kier molecular flexibility index (Phi) is 6.55. The molecule has 4 heteroatoms. The van der Waals surface area contributed by atoms with Crippen LogP contribution in [0.1, 0.15) is 39.2 Å². The molecule has 24 heavy (non-hydrogen) atoms. The second kappa shape index (κ2) is 8.43. The third-order valence-corrected chi connectivity index (χ3v) is 4.33. The third kappa shape index (κ3) is 5.17. The molecule has 0 amide bonds. The number of carbonyl (C=O) groups is 1. The van der Waals surface area contributed by atoms with Gasteiger partial charge in [0.1, 0.15) is 0 Å². The quantitative estimate of drug-likeness (QED) is 0.468. The Labute approximate surface area is 152 Å². The van der Waals surface area contributed by atoms with Crippen LogP contribution in [0, 0.1) is 5.41 Å². The summed E-state index contributed by atoms with van der Waals surface area (Å²) in [6, 6.07) is 10.3. The molecule has 0 saturated heterocycles. The molecule has 0 atom stereocenters. The van der Waals surface area contributed by atoms with Gasteiger partial charge in [-0.15, -0.1) is 0 Å². The smallest absolute Gasteiger partial charge is 0.311 e. The van der Waals surface area contributed by atoms with Gasteiger partial charge < -0.3 is 4.74 Å². The highest BCUT2D eigenvalue weighted by Gasteiger charge is 2.29. The van der Waals surface area contributed by atoms with Gasteiger partial charge in [-0.05, 0) is 59.8 Å². The van der Waals surface area contributed by atoms with Crippen molar-refractivity contribution in [3.05, 3.63) is 52.8 Å². The molecule has 128 valence electrons. The number of carbonyl (C=O) groups excluding carboxylic acids is 1. The molecule has 1 aromatic heterocycles. The van der Waals surface area contributed by atoms with Crippen molar-refractivity contribution in [3.63, 3.8) is 0 Å². The number of unbranched alkanes of at least 4 members (excludes halogenated alkanes) is 1. The van der Waals surface area contributed by atoms with Crippen LogP contribution in [0.25, 0.3) is 11.1 Å². The molecule has 0 saturated carbocycles. The van der Waals surface area contributed by atoms with Crippen molar-refractivity contribution in [3.8, 4) is 11.1 Å². The van der Waals surface area contributed by atoms with Gasteiger partial charge >= 0.3 is 5.97 Å². The van der Waals surface area contributed by atoms with Gasteiger partial charge in [-0.1, -0.05) is 37.6 Å². The molecule has 3 nitrogen and oxygen atoms in total. The van der Waals surface area contributed by atoms with E-state index in [4.69, 9.17) is 4.74 Å². The van der Waals surface area contributed by atoms with E-state index in [1.165, 1.54) is 0 Å². The highest BCUT2D eigenvalue weighted by molar-refractivity contribution is 9.10. The van der Waals surface area contributed by atoms with E-state index >= 15 is 0 Å². The Bertz CT molecular complexity index is 698. The molecule has 2 rings (SSSR count).